The molecule has 0 saturated heterocycles. The zero-order chi connectivity index (χ0) is 16.8. The molecular weight excluding hydrogens is 318 g/mol. The van der Waals surface area contributed by atoms with Crippen LogP contribution in [-0.4, -0.2) is 22.6 Å². The van der Waals surface area contributed by atoms with Crippen molar-refractivity contribution in [3.8, 4) is 5.75 Å². The highest BCUT2D eigenvalue weighted by Crippen LogP contribution is 2.32. The molecule has 0 bridgehead atoms. The second-order valence-electron chi connectivity index (χ2n) is 4.63. The van der Waals surface area contributed by atoms with Crippen LogP contribution in [0.15, 0.2) is 52.3 Å². The van der Waals surface area contributed by atoms with Crippen molar-refractivity contribution < 1.29 is 19.6 Å². The molecule has 0 atom stereocenters. The predicted molar refractivity (Wildman–Crippen MR) is 85.7 cm³/mol. The maximum absolute atomic E-state index is 11.6. The Morgan fingerprint density at radius 2 is 1.87 bits per heavy atom. The van der Waals surface area contributed by atoms with Crippen LogP contribution in [0.25, 0.3) is 0 Å². The number of rotatable bonds is 6. The zero-order valence-electron chi connectivity index (χ0n) is 12.4. The summed E-state index contributed by atoms with van der Waals surface area (Å²) in [5.41, 5.74) is 0.213. The van der Waals surface area contributed by atoms with Gasteiger partial charge in [-0.15, -0.1) is 0 Å². The fraction of sp³-hybridized carbons (Fsp3) is 0.188. The largest absolute Gasteiger partial charge is 0.508 e. The van der Waals surface area contributed by atoms with E-state index in [4.69, 9.17) is 4.74 Å². The van der Waals surface area contributed by atoms with Gasteiger partial charge in [0.2, 0.25) is 0 Å². The molecule has 23 heavy (non-hydrogen) atoms. The number of hydrogen-bond donors (Lipinski definition) is 1. The molecular formula is C16H15NO5S. The number of nitrogens with zero attached hydrogens (tertiary/aromatic N) is 1. The summed E-state index contributed by atoms with van der Waals surface area (Å²) in [7, 11) is 0. The van der Waals surface area contributed by atoms with Crippen LogP contribution in [-0.2, 0) is 16.0 Å². The van der Waals surface area contributed by atoms with E-state index >= 15 is 0 Å². The number of hydrogen-bond acceptors (Lipinski definition) is 6. The number of phenolic OH excluding ortho intramolecular Hbond substituents is 1. The first-order chi connectivity index (χ1) is 11.0. The third-order valence-corrected chi connectivity index (χ3v) is 3.96. The number of esters is 1. The van der Waals surface area contributed by atoms with Crippen molar-refractivity contribution in [1.29, 1.82) is 0 Å². The predicted octanol–water partition coefficient (Wildman–Crippen LogP) is 3.56. The van der Waals surface area contributed by atoms with Crippen LogP contribution in [0, 0.1) is 10.1 Å². The standard InChI is InChI=1S/C16H15NO5S/c1-2-22-16(19)10-11-9-14(7-8-15(11)17(20)21)23-13-5-3-12(18)4-6-13/h3-9,18H,2,10H2,1H3. The molecule has 6 nitrogen and oxygen atoms in total. The van der Waals surface area contributed by atoms with E-state index in [0.717, 1.165) is 9.79 Å². The fourth-order valence-electron chi connectivity index (χ4n) is 1.96. The average Bonchev–Trinajstić information content (AvgIpc) is 2.50. The Morgan fingerprint density at radius 3 is 2.48 bits per heavy atom. The van der Waals surface area contributed by atoms with Gasteiger partial charge < -0.3 is 9.84 Å². The highest BCUT2D eigenvalue weighted by atomic mass is 32.2. The summed E-state index contributed by atoms with van der Waals surface area (Å²) in [6, 6.07) is 11.2. The minimum atomic E-state index is -0.510. The molecule has 0 amide bonds. The van der Waals surface area contributed by atoms with Gasteiger partial charge in [0.25, 0.3) is 5.69 Å². The fourth-order valence-corrected chi connectivity index (χ4v) is 2.84. The smallest absolute Gasteiger partial charge is 0.310 e. The lowest BCUT2D eigenvalue weighted by Crippen LogP contribution is -2.09. The van der Waals surface area contributed by atoms with Crippen molar-refractivity contribution in [2.75, 3.05) is 6.61 Å². The molecule has 1 N–H and O–H groups in total. The van der Waals surface area contributed by atoms with Gasteiger partial charge in [-0.3, -0.25) is 14.9 Å². The van der Waals surface area contributed by atoms with Crippen molar-refractivity contribution in [1.82, 2.24) is 0 Å². The number of aromatic hydroxyl groups is 1. The van der Waals surface area contributed by atoms with Crippen LogP contribution in [0.5, 0.6) is 5.75 Å². The summed E-state index contributed by atoms with van der Waals surface area (Å²) in [4.78, 5) is 23.8. The van der Waals surface area contributed by atoms with Gasteiger partial charge in [-0.05, 0) is 43.3 Å². The Hall–Kier alpha value is -2.54. The number of phenols is 1. The number of carbonyl (C=O) groups excluding carboxylic acids is 1. The van der Waals surface area contributed by atoms with Crippen LogP contribution >= 0.6 is 11.8 Å². The van der Waals surface area contributed by atoms with Crippen molar-refractivity contribution in [3.63, 3.8) is 0 Å². The van der Waals surface area contributed by atoms with E-state index in [2.05, 4.69) is 0 Å². The van der Waals surface area contributed by atoms with Crippen molar-refractivity contribution in [3.05, 3.63) is 58.1 Å². The van der Waals surface area contributed by atoms with Gasteiger partial charge in [0, 0.05) is 21.4 Å². The van der Waals surface area contributed by atoms with Gasteiger partial charge in [0.15, 0.2) is 0 Å². The van der Waals surface area contributed by atoms with Gasteiger partial charge in [0.05, 0.1) is 18.0 Å². The van der Waals surface area contributed by atoms with E-state index < -0.39 is 10.9 Å². The van der Waals surface area contributed by atoms with E-state index in [1.54, 1.807) is 43.3 Å². The van der Waals surface area contributed by atoms with E-state index in [1.807, 2.05) is 0 Å². The molecule has 2 aromatic carbocycles. The van der Waals surface area contributed by atoms with E-state index in [-0.39, 0.29) is 24.5 Å². The molecule has 0 radical (unpaired) electrons. The first-order valence-electron chi connectivity index (χ1n) is 6.89. The third kappa shape index (κ3) is 4.72. The molecule has 0 aromatic heterocycles. The maximum atomic E-state index is 11.6. The summed E-state index contributed by atoms with van der Waals surface area (Å²) in [6.07, 6.45) is -0.145. The summed E-state index contributed by atoms with van der Waals surface area (Å²) in [6.45, 7) is 1.91. The highest BCUT2D eigenvalue weighted by molar-refractivity contribution is 7.99. The Morgan fingerprint density at radius 1 is 1.22 bits per heavy atom. The van der Waals surface area contributed by atoms with Crippen LogP contribution < -0.4 is 0 Å². The molecule has 7 heteroatoms. The van der Waals surface area contributed by atoms with E-state index in [9.17, 15) is 20.0 Å². The molecule has 0 unspecified atom stereocenters. The van der Waals surface area contributed by atoms with Crippen molar-refractivity contribution >= 4 is 23.4 Å². The number of benzene rings is 2. The second kappa shape index (κ2) is 7.64. The summed E-state index contributed by atoms with van der Waals surface area (Å²) in [5.74, 6) is -0.330. The van der Waals surface area contributed by atoms with Gasteiger partial charge in [-0.1, -0.05) is 11.8 Å². The van der Waals surface area contributed by atoms with Crippen LogP contribution in [0.2, 0.25) is 0 Å². The molecule has 0 aliphatic heterocycles. The van der Waals surface area contributed by atoms with Crippen LogP contribution in [0.3, 0.4) is 0 Å². The van der Waals surface area contributed by atoms with E-state index in [1.165, 1.54) is 17.8 Å². The first-order valence-corrected chi connectivity index (χ1v) is 7.71. The van der Waals surface area contributed by atoms with Gasteiger partial charge in [0.1, 0.15) is 5.75 Å². The Balaban J connectivity index is 2.26. The maximum Gasteiger partial charge on any atom is 0.310 e. The number of carbonyl (C=O) groups is 1. The molecule has 0 saturated carbocycles. The average molecular weight is 333 g/mol. The second-order valence-corrected chi connectivity index (χ2v) is 5.77. The van der Waals surface area contributed by atoms with Crippen LogP contribution in [0.1, 0.15) is 12.5 Å². The van der Waals surface area contributed by atoms with Gasteiger partial charge in [-0.25, -0.2) is 0 Å². The Labute approximate surface area is 137 Å². The lowest BCUT2D eigenvalue weighted by Gasteiger charge is -2.07. The molecule has 0 fully saturated rings. The quantitative estimate of drug-likeness (QED) is 0.494. The monoisotopic (exact) mass is 333 g/mol. The first kappa shape index (κ1) is 16.8. The van der Waals surface area contributed by atoms with Crippen molar-refractivity contribution in [2.24, 2.45) is 0 Å². The number of ether oxygens (including phenoxy) is 1. The third-order valence-electron chi connectivity index (χ3n) is 2.96. The number of nitro benzene ring substituents is 1. The lowest BCUT2D eigenvalue weighted by molar-refractivity contribution is -0.385. The molecule has 0 aliphatic carbocycles. The SMILES string of the molecule is CCOC(=O)Cc1cc(Sc2ccc(O)cc2)ccc1[N+](=O)[O-]. The summed E-state index contributed by atoms with van der Waals surface area (Å²) in [5, 5.41) is 20.4. The zero-order valence-corrected chi connectivity index (χ0v) is 13.2. The topological polar surface area (TPSA) is 89.7 Å². The molecule has 2 rings (SSSR count). The minimum absolute atomic E-state index is 0.104. The van der Waals surface area contributed by atoms with Gasteiger partial charge >= 0.3 is 5.97 Å². The van der Waals surface area contributed by atoms with Gasteiger partial charge in [-0.2, -0.15) is 0 Å². The molecule has 0 spiro atoms. The van der Waals surface area contributed by atoms with Crippen molar-refractivity contribution in [2.45, 2.75) is 23.1 Å². The molecule has 120 valence electrons. The molecule has 0 aliphatic rings. The molecule has 0 heterocycles. The lowest BCUT2D eigenvalue weighted by atomic mass is 10.1. The number of nitro groups is 1. The summed E-state index contributed by atoms with van der Waals surface area (Å²) >= 11 is 1.39. The Bertz CT molecular complexity index is 715. The highest BCUT2D eigenvalue weighted by Gasteiger charge is 2.18. The molecule has 2 aromatic rings. The van der Waals surface area contributed by atoms with Crippen LogP contribution in [0.4, 0.5) is 5.69 Å². The normalized spacial score (nSPS) is 10.3. The van der Waals surface area contributed by atoms with E-state index in [0.29, 0.717) is 5.56 Å². The summed E-state index contributed by atoms with van der Waals surface area (Å²) < 4.78 is 4.86. The Kier molecular flexibility index (Phi) is 5.59. The minimum Gasteiger partial charge on any atom is -0.508 e.